The number of rotatable bonds is 5. The summed E-state index contributed by atoms with van der Waals surface area (Å²) in [5, 5.41) is 2.84. The molecule has 1 N–H and O–H groups in total. The second-order valence-corrected chi connectivity index (χ2v) is 6.13. The molecule has 6 nitrogen and oxygen atoms in total. The molecule has 0 aromatic carbocycles. The Balaban J connectivity index is 1.73. The molecule has 3 amide bonds. The van der Waals surface area contributed by atoms with Crippen LogP contribution in [-0.4, -0.2) is 65.3 Å². The van der Waals surface area contributed by atoms with Crippen LogP contribution in [0.1, 0.15) is 13.3 Å². The van der Waals surface area contributed by atoms with Crippen LogP contribution in [-0.2, 0) is 9.59 Å². The van der Waals surface area contributed by atoms with E-state index < -0.39 is 0 Å². The Bertz CT molecular complexity index is 388. The molecule has 7 heteroatoms. The predicted octanol–water partition coefficient (Wildman–Crippen LogP) is 0.140. The number of hydrogen-bond donors (Lipinski definition) is 1. The molecule has 0 aromatic heterocycles. The molecule has 0 bridgehead atoms. The maximum absolute atomic E-state index is 11.8. The Labute approximate surface area is 116 Å². The van der Waals surface area contributed by atoms with Gasteiger partial charge in [-0.2, -0.15) is 0 Å². The van der Waals surface area contributed by atoms with Crippen LogP contribution in [0.15, 0.2) is 0 Å². The average molecular weight is 285 g/mol. The van der Waals surface area contributed by atoms with Gasteiger partial charge in [0.15, 0.2) is 5.12 Å². The van der Waals surface area contributed by atoms with Gasteiger partial charge in [0.2, 0.25) is 5.91 Å². The minimum Gasteiger partial charge on any atom is -0.341 e. The molecule has 1 atom stereocenters. The van der Waals surface area contributed by atoms with Crippen molar-refractivity contribution in [2.75, 3.05) is 38.5 Å². The van der Waals surface area contributed by atoms with Crippen LogP contribution in [0.4, 0.5) is 4.79 Å². The third kappa shape index (κ3) is 3.86. The lowest BCUT2D eigenvalue weighted by molar-refractivity contribution is -0.127. The first kappa shape index (κ1) is 14.2. The van der Waals surface area contributed by atoms with Crippen molar-refractivity contribution in [1.82, 2.24) is 15.1 Å². The summed E-state index contributed by atoms with van der Waals surface area (Å²) in [5.41, 5.74) is 0. The van der Waals surface area contributed by atoms with Crippen LogP contribution in [0.25, 0.3) is 0 Å². The maximum atomic E-state index is 11.8. The van der Waals surface area contributed by atoms with Crippen molar-refractivity contribution in [3.8, 4) is 0 Å². The summed E-state index contributed by atoms with van der Waals surface area (Å²) >= 11 is 1.28. The summed E-state index contributed by atoms with van der Waals surface area (Å²) in [4.78, 5) is 37.6. The van der Waals surface area contributed by atoms with E-state index in [4.69, 9.17) is 0 Å². The molecule has 2 rings (SSSR count). The van der Waals surface area contributed by atoms with E-state index in [0.717, 1.165) is 0 Å². The molecule has 0 aromatic rings. The van der Waals surface area contributed by atoms with Gasteiger partial charge in [0, 0.05) is 51.8 Å². The van der Waals surface area contributed by atoms with Crippen molar-refractivity contribution < 1.29 is 14.4 Å². The number of nitrogens with one attached hydrogen (secondary N) is 1. The van der Waals surface area contributed by atoms with Crippen molar-refractivity contribution in [3.63, 3.8) is 0 Å². The van der Waals surface area contributed by atoms with Crippen molar-refractivity contribution >= 4 is 28.8 Å². The van der Waals surface area contributed by atoms with Gasteiger partial charge in [-0.3, -0.25) is 9.59 Å². The lowest BCUT2D eigenvalue weighted by Crippen LogP contribution is -2.37. The summed E-state index contributed by atoms with van der Waals surface area (Å²) in [6, 6.07) is -0.0460. The normalized spacial score (nSPS) is 23.1. The van der Waals surface area contributed by atoms with Crippen LogP contribution in [0.2, 0.25) is 0 Å². The SMILES string of the molecule is CC(=O)SCC1CC(=O)N(CCN2CCNC2=O)C1. The van der Waals surface area contributed by atoms with Crippen LogP contribution in [0.3, 0.4) is 0 Å². The van der Waals surface area contributed by atoms with E-state index >= 15 is 0 Å². The van der Waals surface area contributed by atoms with E-state index in [1.807, 2.05) is 0 Å². The predicted molar refractivity (Wildman–Crippen MR) is 72.8 cm³/mol. The highest BCUT2D eigenvalue weighted by Gasteiger charge is 2.30. The monoisotopic (exact) mass is 285 g/mol. The zero-order valence-corrected chi connectivity index (χ0v) is 11.9. The van der Waals surface area contributed by atoms with E-state index in [0.29, 0.717) is 44.9 Å². The van der Waals surface area contributed by atoms with E-state index in [1.54, 1.807) is 16.7 Å². The number of amides is 3. The van der Waals surface area contributed by atoms with Gasteiger partial charge in [0.05, 0.1) is 0 Å². The molecular formula is C12H19N3O3S. The molecule has 2 fully saturated rings. The van der Waals surface area contributed by atoms with E-state index in [-0.39, 0.29) is 23.0 Å². The number of thioether (sulfide) groups is 1. The standard InChI is InChI=1S/C12H19N3O3S/c1-9(16)19-8-10-6-11(17)15(7-10)5-4-14-3-2-13-12(14)18/h10H,2-8H2,1H3,(H,13,18). The summed E-state index contributed by atoms with van der Waals surface area (Å²) in [6.45, 7) is 4.83. The summed E-state index contributed by atoms with van der Waals surface area (Å²) in [6.07, 6.45) is 0.520. The summed E-state index contributed by atoms with van der Waals surface area (Å²) in [5.74, 6) is 1.10. The molecule has 2 saturated heterocycles. The van der Waals surface area contributed by atoms with Gasteiger partial charge in [0.1, 0.15) is 0 Å². The van der Waals surface area contributed by atoms with Gasteiger partial charge in [-0.25, -0.2) is 4.79 Å². The third-order valence-electron chi connectivity index (χ3n) is 3.40. The topological polar surface area (TPSA) is 69.7 Å². The van der Waals surface area contributed by atoms with Crippen LogP contribution in [0.5, 0.6) is 0 Å². The Hall–Kier alpha value is -1.24. The first-order valence-electron chi connectivity index (χ1n) is 6.50. The van der Waals surface area contributed by atoms with Crippen LogP contribution < -0.4 is 5.32 Å². The fourth-order valence-corrected chi connectivity index (χ4v) is 3.08. The number of carbonyl (C=O) groups excluding carboxylic acids is 3. The average Bonchev–Trinajstić information content (AvgIpc) is 2.91. The van der Waals surface area contributed by atoms with Gasteiger partial charge in [-0.05, 0) is 5.92 Å². The zero-order chi connectivity index (χ0) is 13.8. The minimum absolute atomic E-state index is 0.0460. The molecule has 2 aliphatic heterocycles. The lowest BCUT2D eigenvalue weighted by atomic mass is 10.1. The molecule has 0 aliphatic carbocycles. The highest BCUT2D eigenvalue weighted by atomic mass is 32.2. The fourth-order valence-electron chi connectivity index (χ4n) is 2.38. The largest absolute Gasteiger partial charge is 0.341 e. The number of urea groups is 1. The highest BCUT2D eigenvalue weighted by Crippen LogP contribution is 2.22. The Kier molecular flexibility index (Phi) is 4.68. The number of likely N-dealkylation sites (tertiary alicyclic amines) is 1. The van der Waals surface area contributed by atoms with Crippen molar-refractivity contribution in [3.05, 3.63) is 0 Å². The van der Waals surface area contributed by atoms with Gasteiger partial charge < -0.3 is 15.1 Å². The second kappa shape index (κ2) is 6.27. The van der Waals surface area contributed by atoms with Gasteiger partial charge in [-0.15, -0.1) is 0 Å². The lowest BCUT2D eigenvalue weighted by Gasteiger charge is -2.20. The molecule has 106 valence electrons. The van der Waals surface area contributed by atoms with Crippen LogP contribution in [0, 0.1) is 5.92 Å². The smallest absolute Gasteiger partial charge is 0.317 e. The van der Waals surface area contributed by atoms with Crippen molar-refractivity contribution in [1.29, 1.82) is 0 Å². The molecule has 0 saturated carbocycles. The Morgan fingerprint density at radius 3 is 2.74 bits per heavy atom. The molecule has 0 radical (unpaired) electrons. The number of hydrogen-bond acceptors (Lipinski definition) is 4. The fraction of sp³-hybridized carbons (Fsp3) is 0.750. The zero-order valence-electron chi connectivity index (χ0n) is 11.1. The summed E-state index contributed by atoms with van der Waals surface area (Å²) < 4.78 is 0. The maximum Gasteiger partial charge on any atom is 0.317 e. The van der Waals surface area contributed by atoms with E-state index in [2.05, 4.69) is 5.32 Å². The minimum atomic E-state index is -0.0460. The van der Waals surface area contributed by atoms with Gasteiger partial charge >= 0.3 is 6.03 Å². The first-order chi connectivity index (χ1) is 9.06. The quantitative estimate of drug-likeness (QED) is 0.780. The molecule has 1 unspecified atom stereocenters. The summed E-state index contributed by atoms with van der Waals surface area (Å²) in [7, 11) is 0. The van der Waals surface area contributed by atoms with E-state index in [1.165, 1.54) is 11.8 Å². The molecule has 2 aliphatic rings. The second-order valence-electron chi connectivity index (χ2n) is 4.93. The highest BCUT2D eigenvalue weighted by molar-refractivity contribution is 8.13. The van der Waals surface area contributed by atoms with E-state index in [9.17, 15) is 14.4 Å². The molecule has 0 spiro atoms. The molecule has 2 heterocycles. The Morgan fingerprint density at radius 1 is 1.37 bits per heavy atom. The van der Waals surface area contributed by atoms with Gasteiger partial charge in [-0.1, -0.05) is 11.8 Å². The van der Waals surface area contributed by atoms with Gasteiger partial charge in [0.25, 0.3) is 0 Å². The van der Waals surface area contributed by atoms with Crippen LogP contribution >= 0.6 is 11.8 Å². The number of carbonyl (C=O) groups is 3. The first-order valence-corrected chi connectivity index (χ1v) is 7.48. The molecule has 19 heavy (non-hydrogen) atoms. The molecular weight excluding hydrogens is 266 g/mol. The third-order valence-corrected chi connectivity index (χ3v) is 4.45. The van der Waals surface area contributed by atoms with Crippen molar-refractivity contribution in [2.45, 2.75) is 13.3 Å². The number of nitrogens with zero attached hydrogens (tertiary/aromatic N) is 2. The Morgan fingerprint density at radius 2 is 2.11 bits per heavy atom. The van der Waals surface area contributed by atoms with Crippen molar-refractivity contribution in [2.24, 2.45) is 5.92 Å².